The molecule has 1 aliphatic heterocycles. The Bertz CT molecular complexity index is 1590. The van der Waals surface area contributed by atoms with Gasteiger partial charge in [0.2, 0.25) is 0 Å². The Balaban J connectivity index is 0.00000423. The number of carbonyl (C=O) groups is 1. The summed E-state index contributed by atoms with van der Waals surface area (Å²) in [5, 5.41) is 3.15. The maximum absolute atomic E-state index is 15.2. The van der Waals surface area contributed by atoms with Crippen molar-refractivity contribution in [3.05, 3.63) is 88.3 Å². The summed E-state index contributed by atoms with van der Waals surface area (Å²) >= 11 is 6.10. The van der Waals surface area contributed by atoms with Gasteiger partial charge in [-0.1, -0.05) is 18.5 Å². The summed E-state index contributed by atoms with van der Waals surface area (Å²) in [6.45, 7) is 4.58. The molecule has 4 aromatic rings. The van der Waals surface area contributed by atoms with E-state index >= 15 is 8.78 Å². The Morgan fingerprint density at radius 3 is 2.37 bits per heavy atom. The monoisotopic (exact) mass is 643 g/mol. The van der Waals surface area contributed by atoms with Gasteiger partial charge in [-0.05, 0) is 67.4 Å². The summed E-state index contributed by atoms with van der Waals surface area (Å²) in [7, 11) is 0. The van der Waals surface area contributed by atoms with Gasteiger partial charge < -0.3 is 19.9 Å². The van der Waals surface area contributed by atoms with Gasteiger partial charge in [-0.25, -0.2) is 13.8 Å². The quantitative estimate of drug-likeness (QED) is 0.225. The lowest BCUT2D eigenvalue weighted by atomic mass is 10.1. The number of pyridine rings is 1. The Hall–Kier alpha value is -3.77. The molecule has 7 nitrogen and oxygen atoms in total. The van der Waals surface area contributed by atoms with Crippen molar-refractivity contribution in [1.29, 1.82) is 0 Å². The lowest BCUT2D eigenvalue weighted by molar-refractivity contribution is -0.274. The lowest BCUT2D eigenvalue weighted by Crippen LogP contribution is -2.52. The van der Waals surface area contributed by atoms with Crippen molar-refractivity contribution in [3.8, 4) is 5.75 Å². The summed E-state index contributed by atoms with van der Waals surface area (Å²) in [6, 6.07) is 11.1. The van der Waals surface area contributed by atoms with Crippen LogP contribution in [-0.4, -0.2) is 47.3 Å². The number of halogens is 7. The Labute approximate surface area is 255 Å². The highest BCUT2D eigenvalue weighted by molar-refractivity contribution is 6.30. The van der Waals surface area contributed by atoms with Crippen LogP contribution in [0.3, 0.4) is 0 Å². The first kappa shape index (κ1) is 32.2. The molecule has 0 spiro atoms. The van der Waals surface area contributed by atoms with Crippen LogP contribution in [0, 0.1) is 11.6 Å². The molecule has 0 aliphatic carbocycles. The lowest BCUT2D eigenvalue weighted by Gasteiger charge is -2.42. The molecule has 1 N–H and O–H groups in total. The maximum Gasteiger partial charge on any atom is 0.573 e. The summed E-state index contributed by atoms with van der Waals surface area (Å²) in [4.78, 5) is 21.1. The third-order valence-electron chi connectivity index (χ3n) is 7.08. The second-order valence-corrected chi connectivity index (χ2v) is 10.4. The van der Waals surface area contributed by atoms with Gasteiger partial charge in [-0.3, -0.25) is 9.20 Å². The van der Waals surface area contributed by atoms with Gasteiger partial charge in [0.25, 0.3) is 5.91 Å². The average molecular weight is 644 g/mol. The molecule has 1 fully saturated rings. The standard InChI is InChI=1S/C29H27ClF5N5O2.ClH/c1-3-24-27(40-16-19(30)4-9-25(40)37-24)28(41)36-14-18-12-22(31)26(23(32)13-18)38-10-11-39(17(2)15-38)20-5-7-21(8-6-20)42-29(33,34)35;/h4-9,12-13,16-17H,3,10-11,14-15H2,1-2H3,(H,36,41);1H/t17-;/m0./s1. The van der Waals surface area contributed by atoms with Crippen molar-refractivity contribution in [1.82, 2.24) is 14.7 Å². The number of piperazine rings is 1. The molecule has 230 valence electrons. The zero-order chi connectivity index (χ0) is 30.2. The molecule has 1 aliphatic rings. The minimum absolute atomic E-state index is 0. The predicted octanol–water partition coefficient (Wildman–Crippen LogP) is 6.79. The van der Waals surface area contributed by atoms with Gasteiger partial charge >= 0.3 is 6.36 Å². The van der Waals surface area contributed by atoms with Crippen LogP contribution in [0.1, 0.15) is 35.6 Å². The van der Waals surface area contributed by atoms with Crippen LogP contribution < -0.4 is 19.9 Å². The highest BCUT2D eigenvalue weighted by atomic mass is 35.5. The number of benzene rings is 2. The molecule has 43 heavy (non-hydrogen) atoms. The van der Waals surface area contributed by atoms with Crippen LogP contribution in [0.2, 0.25) is 5.02 Å². The van der Waals surface area contributed by atoms with Crippen molar-refractivity contribution >= 4 is 46.9 Å². The average Bonchev–Trinajstić information content (AvgIpc) is 3.29. The SMILES string of the molecule is CCc1nc2ccc(Cl)cn2c1C(=O)NCc1cc(F)c(N2CCN(c3ccc(OC(F)(F)F)cc3)[C@@H](C)C2)c(F)c1.Cl. The first-order chi connectivity index (χ1) is 19.9. The number of rotatable bonds is 7. The second kappa shape index (κ2) is 12.8. The van der Waals surface area contributed by atoms with E-state index in [9.17, 15) is 18.0 Å². The number of hydrogen-bond donors (Lipinski definition) is 1. The van der Waals surface area contributed by atoms with Gasteiger partial charge in [-0.15, -0.1) is 25.6 Å². The zero-order valence-corrected chi connectivity index (χ0v) is 24.7. The van der Waals surface area contributed by atoms with Gasteiger partial charge in [0.15, 0.2) is 0 Å². The van der Waals surface area contributed by atoms with Gasteiger partial charge in [0, 0.05) is 44.1 Å². The molecule has 5 rings (SSSR count). The Kier molecular flexibility index (Phi) is 9.60. The highest BCUT2D eigenvalue weighted by Gasteiger charge is 2.32. The summed E-state index contributed by atoms with van der Waals surface area (Å²) in [5.74, 6) is -2.30. The number of hydrogen-bond acceptors (Lipinski definition) is 5. The van der Waals surface area contributed by atoms with Crippen molar-refractivity contribution < 1.29 is 31.5 Å². The van der Waals surface area contributed by atoms with E-state index in [0.717, 1.165) is 0 Å². The first-order valence-electron chi connectivity index (χ1n) is 13.2. The number of alkyl halides is 3. The number of amides is 1. The fraction of sp³-hybridized carbons (Fsp3) is 0.310. The van der Waals surface area contributed by atoms with Gasteiger partial charge in [-0.2, -0.15) is 0 Å². The molecule has 2 aromatic carbocycles. The van der Waals surface area contributed by atoms with E-state index in [0.29, 0.717) is 40.7 Å². The number of ether oxygens (including phenoxy) is 1. The molecule has 0 bridgehead atoms. The minimum atomic E-state index is -4.78. The van der Waals surface area contributed by atoms with Crippen LogP contribution in [0.25, 0.3) is 5.65 Å². The fourth-order valence-electron chi connectivity index (χ4n) is 5.23. The molecule has 1 saturated heterocycles. The molecule has 2 aromatic heterocycles. The topological polar surface area (TPSA) is 62.1 Å². The number of aromatic nitrogens is 2. The van der Waals surface area contributed by atoms with Crippen LogP contribution in [0.15, 0.2) is 54.7 Å². The van der Waals surface area contributed by atoms with E-state index in [2.05, 4.69) is 15.0 Å². The Morgan fingerprint density at radius 2 is 1.77 bits per heavy atom. The number of nitrogens with zero attached hydrogens (tertiary/aromatic N) is 4. The molecule has 0 radical (unpaired) electrons. The van der Waals surface area contributed by atoms with E-state index in [1.165, 1.54) is 36.4 Å². The number of aryl methyl sites for hydroxylation is 1. The molecule has 0 unspecified atom stereocenters. The molecular formula is C29H28Cl2F5N5O2. The molecule has 0 saturated carbocycles. The molecule has 1 atom stereocenters. The minimum Gasteiger partial charge on any atom is -0.406 e. The van der Waals surface area contributed by atoms with Gasteiger partial charge in [0.1, 0.15) is 34.4 Å². The predicted molar refractivity (Wildman–Crippen MR) is 157 cm³/mol. The van der Waals surface area contributed by atoms with Crippen LogP contribution in [0.5, 0.6) is 5.75 Å². The van der Waals surface area contributed by atoms with Gasteiger partial charge in [0.05, 0.1) is 10.7 Å². The normalized spacial score (nSPS) is 15.4. The van der Waals surface area contributed by atoms with Crippen molar-refractivity contribution in [3.63, 3.8) is 0 Å². The largest absolute Gasteiger partial charge is 0.573 e. The third-order valence-corrected chi connectivity index (χ3v) is 7.30. The summed E-state index contributed by atoms with van der Waals surface area (Å²) < 4.78 is 73.4. The molecule has 3 heterocycles. The van der Waals surface area contributed by atoms with E-state index in [1.807, 2.05) is 18.7 Å². The molecular weight excluding hydrogens is 616 g/mol. The van der Waals surface area contributed by atoms with Crippen LogP contribution in [0.4, 0.5) is 33.3 Å². The summed E-state index contributed by atoms with van der Waals surface area (Å²) in [6.07, 6.45) is -2.69. The number of imidazole rings is 1. The number of fused-ring (bicyclic) bond motifs is 1. The fourth-order valence-corrected chi connectivity index (χ4v) is 5.39. The second-order valence-electron chi connectivity index (χ2n) is 9.96. The number of carbonyl (C=O) groups excluding carboxylic acids is 1. The smallest absolute Gasteiger partial charge is 0.406 e. The first-order valence-corrected chi connectivity index (χ1v) is 13.6. The third kappa shape index (κ3) is 7.07. The van der Waals surface area contributed by atoms with Crippen molar-refractivity contribution in [2.45, 2.75) is 39.2 Å². The highest BCUT2D eigenvalue weighted by Crippen LogP contribution is 2.31. The van der Waals surface area contributed by atoms with E-state index < -0.39 is 23.9 Å². The molecule has 1 amide bonds. The summed E-state index contributed by atoms with van der Waals surface area (Å²) in [5.41, 5.74) is 2.19. The van der Waals surface area contributed by atoms with Crippen molar-refractivity contribution in [2.24, 2.45) is 0 Å². The van der Waals surface area contributed by atoms with Crippen molar-refractivity contribution in [2.75, 3.05) is 29.4 Å². The Morgan fingerprint density at radius 1 is 1.09 bits per heavy atom. The van der Waals surface area contributed by atoms with E-state index in [1.54, 1.807) is 27.6 Å². The van der Waals surface area contributed by atoms with Crippen LogP contribution >= 0.6 is 24.0 Å². The number of anilines is 2. The van der Waals surface area contributed by atoms with E-state index in [4.69, 9.17) is 11.6 Å². The maximum atomic E-state index is 15.2. The molecule has 14 heteroatoms. The number of nitrogens with one attached hydrogen (secondary N) is 1. The van der Waals surface area contributed by atoms with E-state index in [-0.39, 0.29) is 55.1 Å². The zero-order valence-electron chi connectivity index (χ0n) is 23.1. The van der Waals surface area contributed by atoms with Crippen LogP contribution in [-0.2, 0) is 13.0 Å².